The topological polar surface area (TPSA) is 18.5 Å². The van der Waals surface area contributed by atoms with E-state index in [1.54, 1.807) is 0 Å². The molecular weight excluding hydrogens is 291 g/mol. The molecule has 0 heterocycles. The highest BCUT2D eigenvalue weighted by atomic mass is 127. The minimum absolute atomic E-state index is 0.372. The van der Waals surface area contributed by atoms with Crippen LogP contribution in [0.25, 0.3) is 0 Å². The smallest absolute Gasteiger partial charge is 0.189 e. The summed E-state index contributed by atoms with van der Waals surface area (Å²) in [5.74, 6) is 1.68. The Morgan fingerprint density at radius 3 is 2.93 bits per heavy atom. The standard InChI is InChI=1S/C11H13IO2/c12-10-2-1-3-11(6-10)14-8-13-7-9-4-5-9/h1-3,6,9H,4-5,7-8H2. The van der Waals surface area contributed by atoms with Crippen LogP contribution in [0.1, 0.15) is 12.8 Å². The normalized spacial score (nSPS) is 15.5. The summed E-state index contributed by atoms with van der Waals surface area (Å²) in [5, 5.41) is 0. The van der Waals surface area contributed by atoms with E-state index in [-0.39, 0.29) is 0 Å². The molecule has 0 N–H and O–H groups in total. The van der Waals surface area contributed by atoms with Gasteiger partial charge in [-0.05, 0) is 59.5 Å². The van der Waals surface area contributed by atoms with E-state index in [0.717, 1.165) is 18.3 Å². The first-order valence-corrected chi connectivity index (χ1v) is 5.88. The Balaban J connectivity index is 1.68. The highest BCUT2D eigenvalue weighted by Crippen LogP contribution is 2.28. The van der Waals surface area contributed by atoms with Crippen LogP contribution in [0.5, 0.6) is 5.75 Å². The van der Waals surface area contributed by atoms with Crippen LogP contribution < -0.4 is 4.74 Å². The van der Waals surface area contributed by atoms with Gasteiger partial charge < -0.3 is 9.47 Å². The third-order valence-corrected chi connectivity index (χ3v) is 2.83. The van der Waals surface area contributed by atoms with E-state index in [2.05, 4.69) is 22.6 Å². The van der Waals surface area contributed by atoms with Crippen LogP contribution in [0.2, 0.25) is 0 Å². The molecule has 0 spiro atoms. The van der Waals surface area contributed by atoms with Crippen LogP contribution in [-0.2, 0) is 4.74 Å². The zero-order chi connectivity index (χ0) is 9.80. The van der Waals surface area contributed by atoms with Crippen LogP contribution >= 0.6 is 22.6 Å². The minimum Gasteiger partial charge on any atom is -0.468 e. The average molecular weight is 304 g/mol. The SMILES string of the molecule is Ic1cccc(OCOCC2CC2)c1. The molecule has 76 valence electrons. The van der Waals surface area contributed by atoms with Crippen LogP contribution in [-0.4, -0.2) is 13.4 Å². The monoisotopic (exact) mass is 304 g/mol. The predicted octanol–water partition coefficient (Wildman–Crippen LogP) is 3.05. The third-order valence-electron chi connectivity index (χ3n) is 2.16. The van der Waals surface area contributed by atoms with Gasteiger partial charge in [-0.1, -0.05) is 6.07 Å². The molecular formula is C11H13IO2. The Labute approximate surface area is 97.7 Å². The Hall–Kier alpha value is -0.290. The van der Waals surface area contributed by atoms with Crippen molar-refractivity contribution in [3.8, 4) is 5.75 Å². The molecule has 1 fully saturated rings. The second-order valence-electron chi connectivity index (χ2n) is 3.53. The fourth-order valence-corrected chi connectivity index (χ4v) is 1.68. The summed E-state index contributed by atoms with van der Waals surface area (Å²) in [6, 6.07) is 7.97. The third kappa shape index (κ3) is 3.46. The van der Waals surface area contributed by atoms with Gasteiger partial charge in [-0.2, -0.15) is 0 Å². The summed E-state index contributed by atoms with van der Waals surface area (Å²) < 4.78 is 12.0. The molecule has 0 atom stereocenters. The second kappa shape index (κ2) is 4.98. The molecule has 1 aromatic rings. The van der Waals surface area contributed by atoms with E-state index in [0.29, 0.717) is 6.79 Å². The maximum absolute atomic E-state index is 5.44. The minimum atomic E-state index is 0.372. The first-order chi connectivity index (χ1) is 6.84. The van der Waals surface area contributed by atoms with Crippen LogP contribution in [0, 0.1) is 9.49 Å². The summed E-state index contributed by atoms with van der Waals surface area (Å²) in [4.78, 5) is 0. The Morgan fingerprint density at radius 2 is 2.21 bits per heavy atom. The van der Waals surface area contributed by atoms with Crippen molar-refractivity contribution in [2.45, 2.75) is 12.8 Å². The molecule has 1 aliphatic rings. The maximum atomic E-state index is 5.44. The number of halogens is 1. The van der Waals surface area contributed by atoms with Crippen molar-refractivity contribution in [3.05, 3.63) is 27.8 Å². The fourth-order valence-electron chi connectivity index (χ4n) is 1.17. The first-order valence-electron chi connectivity index (χ1n) is 4.81. The summed E-state index contributed by atoms with van der Waals surface area (Å²) in [7, 11) is 0. The molecule has 1 saturated carbocycles. The van der Waals surface area contributed by atoms with E-state index in [4.69, 9.17) is 9.47 Å². The predicted molar refractivity (Wildman–Crippen MR) is 63.3 cm³/mol. The van der Waals surface area contributed by atoms with E-state index in [1.807, 2.05) is 24.3 Å². The molecule has 0 unspecified atom stereocenters. The van der Waals surface area contributed by atoms with Gasteiger partial charge in [-0.15, -0.1) is 0 Å². The van der Waals surface area contributed by atoms with E-state index in [1.165, 1.54) is 16.4 Å². The maximum Gasteiger partial charge on any atom is 0.189 e. The molecule has 0 amide bonds. The molecule has 0 radical (unpaired) electrons. The van der Waals surface area contributed by atoms with Gasteiger partial charge in [0, 0.05) is 3.57 Å². The molecule has 0 bridgehead atoms. The molecule has 3 heteroatoms. The number of hydrogen-bond acceptors (Lipinski definition) is 2. The largest absolute Gasteiger partial charge is 0.468 e. The van der Waals surface area contributed by atoms with Gasteiger partial charge >= 0.3 is 0 Å². The van der Waals surface area contributed by atoms with Crippen LogP contribution in [0.4, 0.5) is 0 Å². The molecule has 2 nitrogen and oxygen atoms in total. The van der Waals surface area contributed by atoms with Gasteiger partial charge in [0.2, 0.25) is 0 Å². The number of hydrogen-bond donors (Lipinski definition) is 0. The lowest BCUT2D eigenvalue weighted by Gasteiger charge is -2.06. The highest BCUT2D eigenvalue weighted by molar-refractivity contribution is 14.1. The Morgan fingerprint density at radius 1 is 1.36 bits per heavy atom. The fraction of sp³-hybridized carbons (Fsp3) is 0.455. The quantitative estimate of drug-likeness (QED) is 0.473. The van der Waals surface area contributed by atoms with Crippen molar-refractivity contribution in [3.63, 3.8) is 0 Å². The molecule has 0 aromatic heterocycles. The highest BCUT2D eigenvalue weighted by Gasteiger charge is 2.20. The zero-order valence-electron chi connectivity index (χ0n) is 7.91. The summed E-state index contributed by atoms with van der Waals surface area (Å²) >= 11 is 2.27. The summed E-state index contributed by atoms with van der Waals surface area (Å²) in [6.45, 7) is 1.22. The number of ether oxygens (including phenoxy) is 2. The van der Waals surface area contributed by atoms with E-state index in [9.17, 15) is 0 Å². The van der Waals surface area contributed by atoms with Crippen molar-refractivity contribution in [1.82, 2.24) is 0 Å². The van der Waals surface area contributed by atoms with E-state index >= 15 is 0 Å². The van der Waals surface area contributed by atoms with Crippen molar-refractivity contribution in [1.29, 1.82) is 0 Å². The van der Waals surface area contributed by atoms with Crippen molar-refractivity contribution < 1.29 is 9.47 Å². The Bertz CT molecular complexity index is 297. The molecule has 14 heavy (non-hydrogen) atoms. The van der Waals surface area contributed by atoms with Crippen LogP contribution in [0.15, 0.2) is 24.3 Å². The number of rotatable bonds is 5. The number of benzene rings is 1. The first kappa shape index (κ1) is 10.2. The Kier molecular flexibility index (Phi) is 3.64. The van der Waals surface area contributed by atoms with Crippen LogP contribution in [0.3, 0.4) is 0 Å². The zero-order valence-corrected chi connectivity index (χ0v) is 10.1. The van der Waals surface area contributed by atoms with E-state index < -0.39 is 0 Å². The van der Waals surface area contributed by atoms with Gasteiger partial charge in [-0.25, -0.2) is 0 Å². The lowest BCUT2D eigenvalue weighted by Crippen LogP contribution is -2.05. The molecule has 0 aliphatic heterocycles. The van der Waals surface area contributed by atoms with Gasteiger partial charge in [0.15, 0.2) is 6.79 Å². The van der Waals surface area contributed by atoms with Gasteiger partial charge in [0.25, 0.3) is 0 Å². The van der Waals surface area contributed by atoms with Crippen molar-refractivity contribution in [2.24, 2.45) is 5.92 Å². The van der Waals surface area contributed by atoms with Gasteiger partial charge in [0.1, 0.15) is 5.75 Å². The second-order valence-corrected chi connectivity index (χ2v) is 4.78. The molecule has 2 rings (SSSR count). The summed E-state index contributed by atoms with van der Waals surface area (Å²) in [5.41, 5.74) is 0. The molecule has 1 aliphatic carbocycles. The lowest BCUT2D eigenvalue weighted by atomic mass is 10.3. The lowest BCUT2D eigenvalue weighted by molar-refractivity contribution is 0.00995. The summed E-state index contributed by atoms with van der Waals surface area (Å²) in [6.07, 6.45) is 2.65. The molecule has 1 aromatic carbocycles. The van der Waals surface area contributed by atoms with Gasteiger partial charge in [-0.3, -0.25) is 0 Å². The van der Waals surface area contributed by atoms with Gasteiger partial charge in [0.05, 0.1) is 6.61 Å². The molecule has 0 saturated heterocycles. The van der Waals surface area contributed by atoms with Crippen molar-refractivity contribution >= 4 is 22.6 Å². The average Bonchev–Trinajstić information content (AvgIpc) is 2.96. The van der Waals surface area contributed by atoms with Crippen molar-refractivity contribution in [2.75, 3.05) is 13.4 Å².